The molecule has 3 aromatic rings. The first-order chi connectivity index (χ1) is 17.8. The summed E-state index contributed by atoms with van der Waals surface area (Å²) >= 11 is 5.34. The molecule has 4 rings (SSSR count). The molecular formula is C28H32N4O3S. The smallest absolute Gasteiger partial charge is 0.187 e. The average Bonchev–Trinajstić information content (AvgIpc) is 2.93. The van der Waals surface area contributed by atoms with Crippen LogP contribution in [0.4, 0.5) is 0 Å². The molecule has 0 aliphatic carbocycles. The number of morpholine rings is 1. The Morgan fingerprint density at radius 1 is 0.889 bits per heavy atom. The van der Waals surface area contributed by atoms with Crippen LogP contribution >= 0.6 is 12.2 Å². The van der Waals surface area contributed by atoms with Gasteiger partial charge in [-0.1, -0.05) is 60.7 Å². The van der Waals surface area contributed by atoms with Gasteiger partial charge >= 0.3 is 0 Å². The van der Waals surface area contributed by atoms with Gasteiger partial charge in [0.05, 0.1) is 19.4 Å². The van der Waals surface area contributed by atoms with Crippen molar-refractivity contribution in [1.29, 1.82) is 0 Å². The number of nitrogens with one attached hydrogen (secondary N) is 2. The lowest BCUT2D eigenvalue weighted by molar-refractivity contribution is 0.0389. The average molecular weight is 505 g/mol. The normalized spacial score (nSPS) is 13.9. The molecule has 0 atom stereocenters. The third-order valence-corrected chi connectivity index (χ3v) is 5.87. The van der Waals surface area contributed by atoms with Crippen molar-refractivity contribution in [3.8, 4) is 11.5 Å². The summed E-state index contributed by atoms with van der Waals surface area (Å²) in [6.07, 6.45) is 1.71. The molecule has 1 fully saturated rings. The lowest BCUT2D eigenvalue weighted by Gasteiger charge is -2.26. The molecule has 0 saturated carbocycles. The Labute approximate surface area is 218 Å². The maximum absolute atomic E-state index is 6.13. The minimum atomic E-state index is 0.443. The molecule has 0 amide bonds. The van der Waals surface area contributed by atoms with Gasteiger partial charge in [0.25, 0.3) is 0 Å². The van der Waals surface area contributed by atoms with E-state index in [4.69, 9.17) is 26.4 Å². The van der Waals surface area contributed by atoms with Crippen molar-refractivity contribution >= 4 is 23.5 Å². The van der Waals surface area contributed by atoms with Gasteiger partial charge in [0.15, 0.2) is 16.6 Å². The van der Waals surface area contributed by atoms with Crippen LogP contribution in [0.25, 0.3) is 0 Å². The van der Waals surface area contributed by atoms with Gasteiger partial charge in [-0.2, -0.15) is 5.10 Å². The zero-order valence-corrected chi connectivity index (χ0v) is 21.1. The third-order valence-electron chi connectivity index (χ3n) is 5.64. The number of thiocarbonyl (C=S) groups is 1. The largest absolute Gasteiger partial charge is 0.485 e. The lowest BCUT2D eigenvalue weighted by Crippen LogP contribution is -2.42. The topological polar surface area (TPSA) is 67.4 Å². The molecule has 3 aromatic carbocycles. The molecule has 7 nitrogen and oxygen atoms in total. The number of hydrogen-bond donors (Lipinski definition) is 2. The highest BCUT2D eigenvalue weighted by Crippen LogP contribution is 2.29. The fourth-order valence-corrected chi connectivity index (χ4v) is 3.82. The van der Waals surface area contributed by atoms with E-state index in [0.29, 0.717) is 29.8 Å². The van der Waals surface area contributed by atoms with Crippen LogP contribution in [0.5, 0.6) is 11.5 Å². The molecule has 188 valence electrons. The van der Waals surface area contributed by atoms with Crippen LogP contribution < -0.4 is 20.2 Å². The van der Waals surface area contributed by atoms with Crippen LogP contribution in [-0.2, 0) is 18.0 Å². The summed E-state index contributed by atoms with van der Waals surface area (Å²) in [5.41, 5.74) is 5.93. The molecule has 8 heteroatoms. The molecule has 2 N–H and O–H groups in total. The van der Waals surface area contributed by atoms with Crippen molar-refractivity contribution in [2.45, 2.75) is 13.2 Å². The Bertz CT molecular complexity index is 1110. The minimum Gasteiger partial charge on any atom is -0.485 e. The Balaban J connectivity index is 1.33. The first kappa shape index (κ1) is 25.6. The SMILES string of the molecule is S=C(NCCN1CCOCC1)N/N=C/c1ccc(OCc2ccccc2)c(OCc2ccccc2)c1. The zero-order valence-electron chi connectivity index (χ0n) is 20.3. The monoisotopic (exact) mass is 504 g/mol. The standard InChI is InChI=1S/C28H32N4O3S/c36-28(29-13-14-32-15-17-33-18-16-32)31-30-20-25-11-12-26(34-21-23-7-3-1-4-8-23)27(19-25)35-22-24-9-5-2-6-10-24/h1-12,19-20H,13-18,21-22H2,(H2,29,31,36)/b30-20+. The molecule has 0 unspecified atom stereocenters. The summed E-state index contributed by atoms with van der Waals surface area (Å²) in [5.74, 6) is 1.34. The van der Waals surface area contributed by atoms with Crippen LogP contribution in [0.2, 0.25) is 0 Å². The van der Waals surface area contributed by atoms with Gasteiger partial charge in [-0.3, -0.25) is 10.3 Å². The summed E-state index contributed by atoms with van der Waals surface area (Å²) < 4.78 is 17.6. The maximum Gasteiger partial charge on any atom is 0.187 e. The third kappa shape index (κ3) is 8.64. The highest BCUT2D eigenvalue weighted by Gasteiger charge is 2.10. The van der Waals surface area contributed by atoms with Crippen LogP contribution in [-0.4, -0.2) is 55.6 Å². The first-order valence-electron chi connectivity index (χ1n) is 12.1. The number of hydrazone groups is 1. The summed E-state index contributed by atoms with van der Waals surface area (Å²) in [5, 5.41) is 7.96. The van der Waals surface area contributed by atoms with E-state index in [-0.39, 0.29) is 0 Å². The van der Waals surface area contributed by atoms with E-state index < -0.39 is 0 Å². The van der Waals surface area contributed by atoms with Gasteiger partial charge < -0.3 is 19.5 Å². The van der Waals surface area contributed by atoms with Crippen LogP contribution in [0.1, 0.15) is 16.7 Å². The fraction of sp³-hybridized carbons (Fsp3) is 0.286. The van der Waals surface area contributed by atoms with E-state index in [1.165, 1.54) is 0 Å². The van der Waals surface area contributed by atoms with E-state index in [0.717, 1.165) is 56.1 Å². The van der Waals surface area contributed by atoms with Crippen molar-refractivity contribution in [2.24, 2.45) is 5.10 Å². The molecule has 1 aliphatic rings. The van der Waals surface area contributed by atoms with Gasteiger partial charge in [-0.05, 0) is 47.1 Å². The predicted octanol–water partition coefficient (Wildman–Crippen LogP) is 3.97. The molecule has 0 bridgehead atoms. The van der Waals surface area contributed by atoms with Crippen molar-refractivity contribution in [3.05, 3.63) is 95.6 Å². The lowest BCUT2D eigenvalue weighted by atomic mass is 10.2. The zero-order chi connectivity index (χ0) is 24.8. The Morgan fingerprint density at radius 2 is 1.53 bits per heavy atom. The summed E-state index contributed by atoms with van der Waals surface area (Å²) in [4.78, 5) is 2.35. The second kappa shape index (κ2) is 14.2. The molecule has 0 radical (unpaired) electrons. The van der Waals surface area contributed by atoms with Crippen LogP contribution in [0, 0.1) is 0 Å². The van der Waals surface area contributed by atoms with E-state index >= 15 is 0 Å². The summed E-state index contributed by atoms with van der Waals surface area (Å²) in [6, 6.07) is 25.9. The Morgan fingerprint density at radius 3 is 2.19 bits per heavy atom. The first-order valence-corrected chi connectivity index (χ1v) is 12.5. The van der Waals surface area contributed by atoms with Gasteiger partial charge in [0.1, 0.15) is 13.2 Å². The van der Waals surface area contributed by atoms with Gasteiger partial charge in [0, 0.05) is 26.2 Å². The second-order valence-corrected chi connectivity index (χ2v) is 8.74. The highest BCUT2D eigenvalue weighted by atomic mass is 32.1. The van der Waals surface area contributed by atoms with Gasteiger partial charge in [-0.15, -0.1) is 0 Å². The molecular weight excluding hydrogens is 472 g/mol. The van der Waals surface area contributed by atoms with Gasteiger partial charge in [-0.25, -0.2) is 0 Å². The minimum absolute atomic E-state index is 0.443. The number of benzene rings is 3. The molecule has 1 saturated heterocycles. The number of ether oxygens (including phenoxy) is 3. The Kier molecular flexibility index (Phi) is 10.1. The van der Waals surface area contributed by atoms with E-state index in [1.807, 2.05) is 78.9 Å². The van der Waals surface area contributed by atoms with Crippen molar-refractivity contribution in [2.75, 3.05) is 39.4 Å². The van der Waals surface area contributed by atoms with Crippen molar-refractivity contribution < 1.29 is 14.2 Å². The molecule has 1 heterocycles. The molecule has 1 aliphatic heterocycles. The number of nitrogens with zero attached hydrogens (tertiary/aromatic N) is 2. The predicted molar refractivity (Wildman–Crippen MR) is 147 cm³/mol. The fourth-order valence-electron chi connectivity index (χ4n) is 3.66. The quantitative estimate of drug-likeness (QED) is 0.233. The summed E-state index contributed by atoms with van der Waals surface area (Å²) in [6.45, 7) is 6.08. The molecule has 0 aromatic heterocycles. The summed E-state index contributed by atoms with van der Waals surface area (Å²) in [7, 11) is 0. The molecule has 36 heavy (non-hydrogen) atoms. The molecule has 0 spiro atoms. The highest BCUT2D eigenvalue weighted by molar-refractivity contribution is 7.80. The van der Waals surface area contributed by atoms with Crippen LogP contribution in [0.15, 0.2) is 84.0 Å². The van der Waals surface area contributed by atoms with Gasteiger partial charge in [0.2, 0.25) is 0 Å². The van der Waals surface area contributed by atoms with Crippen molar-refractivity contribution in [1.82, 2.24) is 15.6 Å². The maximum atomic E-state index is 6.13. The van der Waals surface area contributed by atoms with Crippen LogP contribution in [0.3, 0.4) is 0 Å². The number of rotatable bonds is 11. The second-order valence-electron chi connectivity index (χ2n) is 8.33. The number of hydrogen-bond acceptors (Lipinski definition) is 6. The van der Waals surface area contributed by atoms with Crippen molar-refractivity contribution in [3.63, 3.8) is 0 Å². The van der Waals surface area contributed by atoms with E-state index in [1.54, 1.807) is 6.21 Å². The van der Waals surface area contributed by atoms with E-state index in [9.17, 15) is 0 Å². The van der Waals surface area contributed by atoms with E-state index in [2.05, 4.69) is 20.7 Å². The Hall–Kier alpha value is -3.46.